The molecule has 2 nitrogen and oxygen atoms in total. The molecular formula is C15H19FN2S. The molecule has 1 heterocycles. The lowest BCUT2D eigenvalue weighted by molar-refractivity contribution is 0.471. The number of rotatable bonds is 6. The van der Waals surface area contributed by atoms with Crippen molar-refractivity contribution in [3.63, 3.8) is 0 Å². The summed E-state index contributed by atoms with van der Waals surface area (Å²) in [7, 11) is 0. The molecule has 0 saturated heterocycles. The normalized spacial score (nSPS) is 14.3. The minimum Gasteiger partial charge on any atom is -0.309 e. The Kier molecular flexibility index (Phi) is 5.05. The zero-order chi connectivity index (χ0) is 13.7. The lowest BCUT2D eigenvalue weighted by atomic mass is 10.0. The number of benzene rings is 1. The summed E-state index contributed by atoms with van der Waals surface area (Å²) in [6.45, 7) is 5.01. The maximum Gasteiger partial charge on any atom is 0.127 e. The monoisotopic (exact) mass is 278 g/mol. The van der Waals surface area contributed by atoms with E-state index in [1.807, 2.05) is 23.7 Å². The van der Waals surface area contributed by atoms with Gasteiger partial charge in [0.05, 0.1) is 5.01 Å². The predicted octanol–water partition coefficient (Wildman–Crippen LogP) is 4.13. The molecule has 2 rings (SSSR count). The van der Waals surface area contributed by atoms with Crippen LogP contribution in [0, 0.1) is 5.82 Å². The molecule has 0 aliphatic heterocycles. The first-order valence-electron chi connectivity index (χ1n) is 6.59. The van der Waals surface area contributed by atoms with E-state index in [-0.39, 0.29) is 11.9 Å². The molecule has 4 heteroatoms. The Bertz CT molecular complexity index is 499. The molecule has 0 aliphatic rings. The summed E-state index contributed by atoms with van der Waals surface area (Å²) in [5.41, 5.74) is 0.747. The highest BCUT2D eigenvalue weighted by atomic mass is 32.1. The first kappa shape index (κ1) is 14.2. The van der Waals surface area contributed by atoms with Gasteiger partial charge in [-0.25, -0.2) is 9.37 Å². The van der Waals surface area contributed by atoms with Crippen LogP contribution in [0.15, 0.2) is 35.8 Å². The second-order valence-electron chi connectivity index (χ2n) is 4.66. The first-order chi connectivity index (χ1) is 9.22. The molecule has 102 valence electrons. The average molecular weight is 278 g/mol. The van der Waals surface area contributed by atoms with Gasteiger partial charge in [0, 0.05) is 35.6 Å². The number of aromatic nitrogens is 1. The molecule has 1 N–H and O–H groups in total. The molecule has 2 unspecified atom stereocenters. The van der Waals surface area contributed by atoms with E-state index >= 15 is 0 Å². The van der Waals surface area contributed by atoms with Crippen molar-refractivity contribution in [3.8, 4) is 0 Å². The van der Waals surface area contributed by atoms with Crippen molar-refractivity contribution < 1.29 is 4.39 Å². The Morgan fingerprint density at radius 1 is 1.37 bits per heavy atom. The van der Waals surface area contributed by atoms with E-state index in [0.717, 1.165) is 23.5 Å². The Hall–Kier alpha value is -1.26. The topological polar surface area (TPSA) is 24.9 Å². The molecule has 0 radical (unpaired) electrons. The van der Waals surface area contributed by atoms with E-state index in [4.69, 9.17) is 0 Å². The van der Waals surface area contributed by atoms with Gasteiger partial charge >= 0.3 is 0 Å². The summed E-state index contributed by atoms with van der Waals surface area (Å²) in [5, 5.41) is 6.55. The molecule has 0 spiro atoms. The van der Waals surface area contributed by atoms with Gasteiger partial charge in [-0.3, -0.25) is 0 Å². The van der Waals surface area contributed by atoms with Crippen LogP contribution in [0.3, 0.4) is 0 Å². The number of hydrogen-bond donors (Lipinski definition) is 1. The summed E-state index contributed by atoms with van der Waals surface area (Å²) in [5.74, 6) is 0.213. The number of halogens is 1. The Labute approximate surface area is 117 Å². The molecular weight excluding hydrogens is 259 g/mol. The fourth-order valence-electron chi connectivity index (χ4n) is 2.12. The summed E-state index contributed by atoms with van der Waals surface area (Å²) in [6, 6.07) is 7.04. The largest absolute Gasteiger partial charge is 0.309 e. The summed E-state index contributed by atoms with van der Waals surface area (Å²) >= 11 is 1.66. The standard InChI is InChI=1S/C15H19FN2S/c1-3-14(12-6-4-5-7-13(12)16)18-10-11(2)15-17-8-9-19-15/h4-9,11,14,18H,3,10H2,1-2H3. The van der Waals surface area contributed by atoms with Gasteiger partial charge in [0.25, 0.3) is 0 Å². The van der Waals surface area contributed by atoms with Gasteiger partial charge < -0.3 is 5.32 Å². The van der Waals surface area contributed by atoms with Gasteiger partial charge in [-0.05, 0) is 12.5 Å². The van der Waals surface area contributed by atoms with Crippen LogP contribution in [0.1, 0.15) is 42.8 Å². The van der Waals surface area contributed by atoms with Crippen LogP contribution in [0.25, 0.3) is 0 Å². The lowest BCUT2D eigenvalue weighted by Gasteiger charge is -2.20. The summed E-state index contributed by atoms with van der Waals surface area (Å²) in [6.07, 6.45) is 2.69. The van der Waals surface area contributed by atoms with Crippen LogP contribution in [0.2, 0.25) is 0 Å². The van der Waals surface area contributed by atoms with Crippen LogP contribution in [0.4, 0.5) is 4.39 Å². The number of thiazole rings is 1. The van der Waals surface area contributed by atoms with Crippen LogP contribution in [0.5, 0.6) is 0 Å². The van der Waals surface area contributed by atoms with Crippen molar-refractivity contribution in [1.82, 2.24) is 10.3 Å². The molecule has 0 aliphatic carbocycles. The van der Waals surface area contributed by atoms with E-state index < -0.39 is 0 Å². The molecule has 1 aromatic heterocycles. The molecule has 1 aromatic carbocycles. The van der Waals surface area contributed by atoms with E-state index in [0.29, 0.717) is 5.92 Å². The van der Waals surface area contributed by atoms with Gasteiger partial charge in [-0.15, -0.1) is 11.3 Å². The fraction of sp³-hybridized carbons (Fsp3) is 0.400. The second kappa shape index (κ2) is 6.78. The van der Waals surface area contributed by atoms with Gasteiger partial charge in [-0.2, -0.15) is 0 Å². The van der Waals surface area contributed by atoms with Crippen molar-refractivity contribution in [2.45, 2.75) is 32.2 Å². The Morgan fingerprint density at radius 2 is 2.16 bits per heavy atom. The third-order valence-electron chi connectivity index (χ3n) is 3.23. The quantitative estimate of drug-likeness (QED) is 0.859. The van der Waals surface area contributed by atoms with Crippen molar-refractivity contribution in [2.24, 2.45) is 0 Å². The van der Waals surface area contributed by atoms with Crippen LogP contribution in [-0.2, 0) is 0 Å². The molecule has 2 aromatic rings. The van der Waals surface area contributed by atoms with E-state index in [1.165, 1.54) is 6.07 Å². The average Bonchev–Trinajstić information content (AvgIpc) is 2.95. The highest BCUT2D eigenvalue weighted by Gasteiger charge is 2.15. The maximum absolute atomic E-state index is 13.8. The lowest BCUT2D eigenvalue weighted by Crippen LogP contribution is -2.25. The van der Waals surface area contributed by atoms with Gasteiger partial charge in [0.2, 0.25) is 0 Å². The highest BCUT2D eigenvalue weighted by molar-refractivity contribution is 7.09. The zero-order valence-electron chi connectivity index (χ0n) is 11.3. The van der Waals surface area contributed by atoms with Crippen molar-refractivity contribution in [3.05, 3.63) is 52.2 Å². The minimum atomic E-state index is -0.135. The maximum atomic E-state index is 13.8. The zero-order valence-corrected chi connectivity index (χ0v) is 12.1. The van der Waals surface area contributed by atoms with E-state index in [2.05, 4.69) is 24.1 Å². The number of nitrogens with one attached hydrogen (secondary N) is 1. The third kappa shape index (κ3) is 3.61. The molecule has 0 bridgehead atoms. The SMILES string of the molecule is CCC(NCC(C)c1nccs1)c1ccccc1F. The molecule has 0 amide bonds. The van der Waals surface area contributed by atoms with Gasteiger partial charge in [-0.1, -0.05) is 32.0 Å². The number of nitrogens with zero attached hydrogens (tertiary/aromatic N) is 1. The molecule has 0 fully saturated rings. The third-order valence-corrected chi connectivity index (χ3v) is 4.24. The first-order valence-corrected chi connectivity index (χ1v) is 7.47. The van der Waals surface area contributed by atoms with Gasteiger partial charge in [0.1, 0.15) is 5.82 Å². The summed E-state index contributed by atoms with van der Waals surface area (Å²) in [4.78, 5) is 4.31. The molecule has 0 saturated carbocycles. The highest BCUT2D eigenvalue weighted by Crippen LogP contribution is 2.22. The van der Waals surface area contributed by atoms with E-state index in [1.54, 1.807) is 17.4 Å². The van der Waals surface area contributed by atoms with E-state index in [9.17, 15) is 4.39 Å². The van der Waals surface area contributed by atoms with Crippen LogP contribution in [-0.4, -0.2) is 11.5 Å². The molecule has 2 atom stereocenters. The van der Waals surface area contributed by atoms with Gasteiger partial charge in [0.15, 0.2) is 0 Å². The van der Waals surface area contributed by atoms with Crippen LogP contribution >= 0.6 is 11.3 Å². The molecule has 19 heavy (non-hydrogen) atoms. The van der Waals surface area contributed by atoms with Crippen molar-refractivity contribution in [1.29, 1.82) is 0 Å². The van der Waals surface area contributed by atoms with Crippen molar-refractivity contribution in [2.75, 3.05) is 6.54 Å². The smallest absolute Gasteiger partial charge is 0.127 e. The van der Waals surface area contributed by atoms with Crippen LogP contribution < -0.4 is 5.32 Å². The number of hydrogen-bond acceptors (Lipinski definition) is 3. The second-order valence-corrected chi connectivity index (χ2v) is 5.59. The Morgan fingerprint density at radius 3 is 2.79 bits per heavy atom. The predicted molar refractivity (Wildman–Crippen MR) is 78.0 cm³/mol. The van der Waals surface area contributed by atoms with Crippen molar-refractivity contribution >= 4 is 11.3 Å². The minimum absolute atomic E-state index is 0.0589. The summed E-state index contributed by atoms with van der Waals surface area (Å²) < 4.78 is 13.8. The Balaban J connectivity index is 1.99. The fourth-order valence-corrected chi connectivity index (χ4v) is 2.81.